The van der Waals surface area contributed by atoms with Crippen LogP contribution in [0.2, 0.25) is 0 Å². The molecule has 0 unspecified atom stereocenters. The van der Waals surface area contributed by atoms with Gasteiger partial charge in [0, 0.05) is 46.7 Å². The van der Waals surface area contributed by atoms with E-state index in [9.17, 15) is 9.59 Å². The van der Waals surface area contributed by atoms with Crippen LogP contribution < -0.4 is 16.0 Å². The molecule has 94 valence electrons. The van der Waals surface area contributed by atoms with Crippen LogP contribution in [-0.4, -0.2) is 57.1 Å². The minimum Gasteiger partial charge on any atom is -0.356 e. The Morgan fingerprint density at radius 3 is 2.31 bits per heavy atom. The molecule has 16 heavy (non-hydrogen) atoms. The summed E-state index contributed by atoms with van der Waals surface area (Å²) in [5, 5.41) is 8.51. The molecule has 6 nitrogen and oxygen atoms in total. The summed E-state index contributed by atoms with van der Waals surface area (Å²) in [6, 6.07) is -0.106. The third-order valence-electron chi connectivity index (χ3n) is 1.89. The Bertz CT molecular complexity index is 219. The fourth-order valence-electron chi connectivity index (χ4n) is 1.03. The van der Waals surface area contributed by atoms with Crippen molar-refractivity contribution in [1.82, 2.24) is 20.9 Å². The molecular formula is C10H22N4O2. The SMILES string of the molecule is CCNC(=O)CCNCCNC(=O)N(C)C. The molecule has 0 aromatic heterocycles. The maximum atomic E-state index is 11.1. The van der Waals surface area contributed by atoms with Crippen LogP contribution in [0.15, 0.2) is 0 Å². The van der Waals surface area contributed by atoms with E-state index in [0.717, 1.165) is 0 Å². The highest BCUT2D eigenvalue weighted by molar-refractivity contribution is 5.76. The van der Waals surface area contributed by atoms with Crippen LogP contribution in [0.4, 0.5) is 4.79 Å². The van der Waals surface area contributed by atoms with Gasteiger partial charge in [0.15, 0.2) is 0 Å². The van der Waals surface area contributed by atoms with Crippen LogP contribution >= 0.6 is 0 Å². The molecule has 0 bridgehead atoms. The van der Waals surface area contributed by atoms with Gasteiger partial charge < -0.3 is 20.9 Å². The molecule has 0 spiro atoms. The predicted octanol–water partition coefficient (Wildman–Crippen LogP) is -0.627. The number of nitrogens with one attached hydrogen (secondary N) is 3. The highest BCUT2D eigenvalue weighted by atomic mass is 16.2. The number of amides is 3. The number of hydrogen-bond acceptors (Lipinski definition) is 3. The lowest BCUT2D eigenvalue weighted by molar-refractivity contribution is -0.120. The van der Waals surface area contributed by atoms with Crippen LogP contribution in [0, 0.1) is 0 Å². The van der Waals surface area contributed by atoms with Crippen molar-refractivity contribution in [2.24, 2.45) is 0 Å². The Hall–Kier alpha value is -1.30. The third kappa shape index (κ3) is 8.05. The first-order chi connectivity index (χ1) is 7.57. The molecule has 0 fully saturated rings. The van der Waals surface area contributed by atoms with E-state index in [-0.39, 0.29) is 11.9 Å². The van der Waals surface area contributed by atoms with Crippen molar-refractivity contribution in [3.05, 3.63) is 0 Å². The van der Waals surface area contributed by atoms with Crippen molar-refractivity contribution in [3.8, 4) is 0 Å². The van der Waals surface area contributed by atoms with E-state index < -0.39 is 0 Å². The number of carbonyl (C=O) groups is 2. The molecule has 0 aliphatic heterocycles. The van der Waals surface area contributed by atoms with E-state index in [2.05, 4.69) is 16.0 Å². The summed E-state index contributed by atoms with van der Waals surface area (Å²) in [5.41, 5.74) is 0. The monoisotopic (exact) mass is 230 g/mol. The minimum absolute atomic E-state index is 0.0485. The second-order valence-corrected chi connectivity index (χ2v) is 3.58. The van der Waals surface area contributed by atoms with Crippen molar-refractivity contribution in [1.29, 1.82) is 0 Å². The molecule has 0 aromatic carbocycles. The van der Waals surface area contributed by atoms with E-state index in [0.29, 0.717) is 32.6 Å². The molecule has 0 aliphatic carbocycles. The van der Waals surface area contributed by atoms with E-state index in [4.69, 9.17) is 0 Å². The number of carbonyl (C=O) groups excluding carboxylic acids is 2. The number of hydrogen-bond donors (Lipinski definition) is 3. The molecular weight excluding hydrogens is 208 g/mol. The molecule has 0 heterocycles. The molecule has 6 heteroatoms. The summed E-state index contributed by atoms with van der Waals surface area (Å²) in [7, 11) is 3.38. The Morgan fingerprint density at radius 1 is 1.06 bits per heavy atom. The summed E-state index contributed by atoms with van der Waals surface area (Å²) >= 11 is 0. The summed E-state index contributed by atoms with van der Waals surface area (Å²) < 4.78 is 0. The maximum absolute atomic E-state index is 11.1. The highest BCUT2D eigenvalue weighted by Crippen LogP contribution is 1.77. The summed E-state index contributed by atoms with van der Waals surface area (Å²) in [4.78, 5) is 23.6. The van der Waals surface area contributed by atoms with Gasteiger partial charge in [0.1, 0.15) is 0 Å². The first-order valence-electron chi connectivity index (χ1n) is 5.50. The molecule has 0 saturated carbocycles. The lowest BCUT2D eigenvalue weighted by Gasteiger charge is -2.12. The van der Waals surface area contributed by atoms with E-state index in [1.165, 1.54) is 4.90 Å². The Morgan fingerprint density at radius 2 is 1.75 bits per heavy atom. The molecule has 0 rings (SSSR count). The zero-order valence-corrected chi connectivity index (χ0v) is 10.3. The molecule has 3 N–H and O–H groups in total. The minimum atomic E-state index is -0.106. The fraction of sp³-hybridized carbons (Fsp3) is 0.800. The van der Waals surface area contributed by atoms with Gasteiger partial charge in [-0.3, -0.25) is 4.79 Å². The molecule has 0 aromatic rings. The van der Waals surface area contributed by atoms with Crippen molar-refractivity contribution in [2.45, 2.75) is 13.3 Å². The normalized spacial score (nSPS) is 9.69. The van der Waals surface area contributed by atoms with Crippen molar-refractivity contribution in [3.63, 3.8) is 0 Å². The van der Waals surface area contributed by atoms with Gasteiger partial charge >= 0.3 is 6.03 Å². The lowest BCUT2D eigenvalue weighted by atomic mass is 10.4. The highest BCUT2D eigenvalue weighted by Gasteiger charge is 2.01. The maximum Gasteiger partial charge on any atom is 0.316 e. The summed E-state index contributed by atoms with van der Waals surface area (Å²) in [6.45, 7) is 4.41. The van der Waals surface area contributed by atoms with Crippen LogP contribution in [0.5, 0.6) is 0 Å². The molecule has 0 aliphatic rings. The number of rotatable bonds is 7. The molecule has 3 amide bonds. The third-order valence-corrected chi connectivity index (χ3v) is 1.89. The molecule has 0 radical (unpaired) electrons. The Labute approximate surface area is 96.8 Å². The average Bonchev–Trinajstić information content (AvgIpc) is 2.23. The van der Waals surface area contributed by atoms with Gasteiger partial charge in [-0.15, -0.1) is 0 Å². The van der Waals surface area contributed by atoms with Crippen LogP contribution in [0.1, 0.15) is 13.3 Å². The summed E-state index contributed by atoms with van der Waals surface area (Å²) in [5.74, 6) is 0.0485. The topological polar surface area (TPSA) is 73.5 Å². The van der Waals surface area contributed by atoms with E-state index in [1.54, 1.807) is 14.1 Å². The van der Waals surface area contributed by atoms with Gasteiger partial charge in [-0.2, -0.15) is 0 Å². The number of urea groups is 1. The Kier molecular flexibility index (Phi) is 8.24. The van der Waals surface area contributed by atoms with Crippen molar-refractivity contribution in [2.75, 3.05) is 40.3 Å². The average molecular weight is 230 g/mol. The van der Waals surface area contributed by atoms with Gasteiger partial charge in [0.25, 0.3) is 0 Å². The standard InChI is InChI=1S/C10H22N4O2/c1-4-12-9(15)5-6-11-7-8-13-10(16)14(2)3/h11H,4-8H2,1-3H3,(H,12,15)(H,13,16). The molecule has 0 saturated heterocycles. The van der Waals surface area contributed by atoms with Gasteiger partial charge in [-0.1, -0.05) is 0 Å². The van der Waals surface area contributed by atoms with E-state index in [1.807, 2.05) is 6.92 Å². The first kappa shape index (κ1) is 14.7. The van der Waals surface area contributed by atoms with Gasteiger partial charge in [-0.05, 0) is 6.92 Å². The molecule has 0 atom stereocenters. The van der Waals surface area contributed by atoms with Gasteiger partial charge in [0.2, 0.25) is 5.91 Å². The van der Waals surface area contributed by atoms with E-state index >= 15 is 0 Å². The van der Waals surface area contributed by atoms with Crippen molar-refractivity contribution < 1.29 is 9.59 Å². The number of nitrogens with zero attached hydrogens (tertiary/aromatic N) is 1. The zero-order chi connectivity index (χ0) is 12.4. The Balaban J connectivity index is 3.28. The quantitative estimate of drug-likeness (QED) is 0.510. The van der Waals surface area contributed by atoms with Crippen LogP contribution in [-0.2, 0) is 4.79 Å². The largest absolute Gasteiger partial charge is 0.356 e. The van der Waals surface area contributed by atoms with Crippen LogP contribution in [0.3, 0.4) is 0 Å². The van der Waals surface area contributed by atoms with Crippen LogP contribution in [0.25, 0.3) is 0 Å². The van der Waals surface area contributed by atoms with Crippen molar-refractivity contribution >= 4 is 11.9 Å². The lowest BCUT2D eigenvalue weighted by Crippen LogP contribution is -2.39. The fourth-order valence-corrected chi connectivity index (χ4v) is 1.03. The predicted molar refractivity (Wildman–Crippen MR) is 63.3 cm³/mol. The smallest absolute Gasteiger partial charge is 0.316 e. The van der Waals surface area contributed by atoms with Gasteiger partial charge in [0.05, 0.1) is 0 Å². The van der Waals surface area contributed by atoms with Gasteiger partial charge in [-0.25, -0.2) is 4.79 Å². The second-order valence-electron chi connectivity index (χ2n) is 3.58. The first-order valence-corrected chi connectivity index (χ1v) is 5.50. The zero-order valence-electron chi connectivity index (χ0n) is 10.3. The second kappa shape index (κ2) is 8.96. The summed E-state index contributed by atoms with van der Waals surface area (Å²) in [6.07, 6.45) is 0.468.